The topological polar surface area (TPSA) is 46.5 Å². The number of rotatable bonds is 5. The largest absolute Gasteiger partial charge is 0.492 e. The first-order chi connectivity index (χ1) is 10.1. The third-order valence-electron chi connectivity index (χ3n) is 4.77. The Balaban J connectivity index is 1.83. The van der Waals surface area contributed by atoms with Crippen LogP contribution in [-0.4, -0.2) is 17.7 Å². The minimum Gasteiger partial charge on any atom is -0.492 e. The highest BCUT2D eigenvalue weighted by Gasteiger charge is 2.41. The number of halogens is 1. The van der Waals surface area contributed by atoms with Gasteiger partial charge in [-0.05, 0) is 49.3 Å². The summed E-state index contributed by atoms with van der Waals surface area (Å²) in [5.41, 5.74) is 0.0511. The van der Waals surface area contributed by atoms with E-state index in [2.05, 4.69) is 0 Å². The van der Waals surface area contributed by atoms with Gasteiger partial charge in [-0.3, -0.25) is 4.79 Å². The van der Waals surface area contributed by atoms with Gasteiger partial charge in [0, 0.05) is 0 Å². The minimum absolute atomic E-state index is 0.527. The zero-order valence-electron chi connectivity index (χ0n) is 12.1. The summed E-state index contributed by atoms with van der Waals surface area (Å²) in [6.07, 6.45) is 6.90. The average Bonchev–Trinajstić information content (AvgIpc) is 3.30. The van der Waals surface area contributed by atoms with Crippen molar-refractivity contribution in [2.45, 2.75) is 50.4 Å². The first-order valence-electron chi connectivity index (χ1n) is 7.78. The van der Waals surface area contributed by atoms with Crippen molar-refractivity contribution >= 4 is 17.6 Å². The zero-order chi connectivity index (χ0) is 14.9. The molecule has 3 rings (SSSR count). The van der Waals surface area contributed by atoms with E-state index in [1.807, 2.05) is 12.1 Å². The second kappa shape index (κ2) is 5.88. The molecule has 0 unspecified atom stereocenters. The normalized spacial score (nSPS) is 21.0. The number of ether oxygens (including phenoxy) is 1. The molecule has 3 nitrogen and oxygen atoms in total. The molecule has 1 N–H and O–H groups in total. The van der Waals surface area contributed by atoms with Crippen LogP contribution in [-0.2, 0) is 10.2 Å². The van der Waals surface area contributed by atoms with Crippen LogP contribution in [0, 0.1) is 5.92 Å². The average molecular weight is 309 g/mol. The SMILES string of the molecule is O=C(O)C1(c2ccc(OCC3CC3)c(Cl)c2)CCCCC1. The molecule has 4 heteroatoms. The Hall–Kier alpha value is -1.22. The molecule has 0 amide bonds. The van der Waals surface area contributed by atoms with Gasteiger partial charge in [0.05, 0.1) is 17.0 Å². The second-order valence-electron chi connectivity index (χ2n) is 6.35. The van der Waals surface area contributed by atoms with Crippen LogP contribution < -0.4 is 4.74 Å². The van der Waals surface area contributed by atoms with Gasteiger partial charge < -0.3 is 9.84 Å². The fourth-order valence-corrected chi connectivity index (χ4v) is 3.42. The zero-order valence-corrected chi connectivity index (χ0v) is 12.9. The maximum Gasteiger partial charge on any atom is 0.314 e. The highest BCUT2D eigenvalue weighted by Crippen LogP contribution is 2.42. The molecule has 0 radical (unpaired) electrons. The van der Waals surface area contributed by atoms with Crippen LogP contribution in [0.25, 0.3) is 0 Å². The molecule has 114 valence electrons. The van der Waals surface area contributed by atoms with Gasteiger partial charge in [0.25, 0.3) is 0 Å². The molecule has 1 aromatic rings. The number of hydrogen-bond acceptors (Lipinski definition) is 2. The van der Waals surface area contributed by atoms with Crippen LogP contribution in [0.15, 0.2) is 18.2 Å². The smallest absolute Gasteiger partial charge is 0.314 e. The minimum atomic E-state index is -0.767. The molecular weight excluding hydrogens is 288 g/mol. The van der Waals surface area contributed by atoms with Gasteiger partial charge in [-0.1, -0.05) is 36.9 Å². The summed E-state index contributed by atoms with van der Waals surface area (Å²) in [5, 5.41) is 10.2. The van der Waals surface area contributed by atoms with Crippen molar-refractivity contribution < 1.29 is 14.6 Å². The molecule has 21 heavy (non-hydrogen) atoms. The second-order valence-corrected chi connectivity index (χ2v) is 6.75. The highest BCUT2D eigenvalue weighted by molar-refractivity contribution is 6.32. The quantitative estimate of drug-likeness (QED) is 0.876. The van der Waals surface area contributed by atoms with Gasteiger partial charge in [0.15, 0.2) is 0 Å². The lowest BCUT2D eigenvalue weighted by Gasteiger charge is -2.33. The molecule has 0 aromatic heterocycles. The molecule has 0 bridgehead atoms. The number of aliphatic carboxylic acids is 1. The number of carboxylic acid groups (broad SMARTS) is 1. The lowest BCUT2D eigenvalue weighted by molar-refractivity contribution is -0.145. The lowest BCUT2D eigenvalue weighted by Crippen LogP contribution is -2.37. The van der Waals surface area contributed by atoms with Crippen LogP contribution in [0.4, 0.5) is 0 Å². The van der Waals surface area contributed by atoms with Gasteiger partial charge in [-0.25, -0.2) is 0 Å². The third-order valence-corrected chi connectivity index (χ3v) is 5.07. The lowest BCUT2D eigenvalue weighted by atomic mass is 9.69. The Bertz CT molecular complexity index is 531. The van der Waals surface area contributed by atoms with E-state index in [4.69, 9.17) is 16.3 Å². The maximum atomic E-state index is 11.8. The Kier molecular flexibility index (Phi) is 4.12. The molecule has 0 spiro atoms. The van der Waals surface area contributed by atoms with Crippen LogP contribution >= 0.6 is 11.6 Å². The Morgan fingerprint density at radius 3 is 2.57 bits per heavy atom. The van der Waals surface area contributed by atoms with Crippen molar-refractivity contribution in [3.8, 4) is 5.75 Å². The molecule has 0 saturated heterocycles. The van der Waals surface area contributed by atoms with Crippen LogP contribution in [0.3, 0.4) is 0 Å². The summed E-state index contributed by atoms with van der Waals surface area (Å²) in [4.78, 5) is 11.8. The summed E-state index contributed by atoms with van der Waals surface area (Å²) in [6, 6.07) is 5.51. The van der Waals surface area contributed by atoms with Gasteiger partial charge in [-0.15, -0.1) is 0 Å². The van der Waals surface area contributed by atoms with Crippen molar-refractivity contribution in [2.24, 2.45) is 5.92 Å². The summed E-state index contributed by atoms with van der Waals surface area (Å²) in [6.45, 7) is 0.711. The monoisotopic (exact) mass is 308 g/mol. The highest BCUT2D eigenvalue weighted by atomic mass is 35.5. The molecule has 2 aliphatic carbocycles. The van der Waals surface area contributed by atoms with Gasteiger partial charge in [0.1, 0.15) is 5.75 Å². The number of carbonyl (C=O) groups is 1. The van der Waals surface area contributed by atoms with Gasteiger partial charge in [-0.2, -0.15) is 0 Å². The predicted octanol–water partition coefficient (Wildman–Crippen LogP) is 4.42. The van der Waals surface area contributed by atoms with E-state index >= 15 is 0 Å². The number of hydrogen-bond donors (Lipinski definition) is 1. The van der Waals surface area contributed by atoms with Crippen molar-refractivity contribution in [1.82, 2.24) is 0 Å². The first-order valence-corrected chi connectivity index (χ1v) is 8.16. The predicted molar refractivity (Wildman–Crippen MR) is 82.1 cm³/mol. The molecule has 2 fully saturated rings. The summed E-state index contributed by atoms with van der Waals surface area (Å²) in [7, 11) is 0. The Labute approximate surface area is 130 Å². The summed E-state index contributed by atoms with van der Waals surface area (Å²) in [5.74, 6) is 0.609. The molecule has 0 aliphatic heterocycles. The van der Waals surface area contributed by atoms with E-state index in [0.29, 0.717) is 36.1 Å². The molecule has 0 atom stereocenters. The molecule has 2 aliphatic rings. The van der Waals surface area contributed by atoms with Crippen molar-refractivity contribution in [3.63, 3.8) is 0 Å². The van der Waals surface area contributed by atoms with E-state index in [-0.39, 0.29) is 0 Å². The van der Waals surface area contributed by atoms with E-state index in [9.17, 15) is 9.90 Å². The third kappa shape index (κ3) is 3.03. The maximum absolute atomic E-state index is 11.8. The van der Waals surface area contributed by atoms with Crippen molar-refractivity contribution in [3.05, 3.63) is 28.8 Å². The van der Waals surface area contributed by atoms with E-state index in [1.54, 1.807) is 6.07 Å². The Morgan fingerprint density at radius 1 is 1.29 bits per heavy atom. The fraction of sp³-hybridized carbons (Fsp3) is 0.588. The molecule has 0 heterocycles. The van der Waals surface area contributed by atoms with Crippen LogP contribution in [0.2, 0.25) is 5.02 Å². The van der Waals surface area contributed by atoms with E-state index < -0.39 is 11.4 Å². The molecular formula is C17H21ClO3. The fourth-order valence-electron chi connectivity index (χ4n) is 3.19. The number of benzene rings is 1. The summed E-state index contributed by atoms with van der Waals surface area (Å²) < 4.78 is 5.72. The summed E-state index contributed by atoms with van der Waals surface area (Å²) >= 11 is 6.30. The Morgan fingerprint density at radius 2 is 2.00 bits per heavy atom. The first kappa shape index (κ1) is 14.7. The van der Waals surface area contributed by atoms with Crippen LogP contribution in [0.1, 0.15) is 50.5 Å². The number of carboxylic acids is 1. The molecule has 1 aromatic carbocycles. The van der Waals surface area contributed by atoms with Gasteiger partial charge in [0.2, 0.25) is 0 Å². The van der Waals surface area contributed by atoms with Crippen molar-refractivity contribution in [2.75, 3.05) is 6.61 Å². The van der Waals surface area contributed by atoms with Crippen LogP contribution in [0.5, 0.6) is 5.75 Å². The van der Waals surface area contributed by atoms with E-state index in [1.165, 1.54) is 12.8 Å². The van der Waals surface area contributed by atoms with Crippen molar-refractivity contribution in [1.29, 1.82) is 0 Å². The van der Waals surface area contributed by atoms with E-state index in [0.717, 1.165) is 24.8 Å². The van der Waals surface area contributed by atoms with Gasteiger partial charge >= 0.3 is 5.97 Å². The standard InChI is InChI=1S/C17H21ClO3/c18-14-10-13(6-7-15(14)21-11-12-4-5-12)17(16(19)20)8-2-1-3-9-17/h6-7,10,12H,1-5,8-9,11H2,(H,19,20). The molecule has 2 saturated carbocycles.